The van der Waals surface area contributed by atoms with Crippen molar-refractivity contribution in [3.63, 3.8) is 0 Å². The van der Waals surface area contributed by atoms with Crippen molar-refractivity contribution in [1.29, 1.82) is 0 Å². The number of thiophene rings is 1. The molecule has 2 aromatic rings. The van der Waals surface area contributed by atoms with E-state index in [-0.39, 0.29) is 5.91 Å². The predicted molar refractivity (Wildman–Crippen MR) is 98.3 cm³/mol. The first kappa shape index (κ1) is 16.9. The fourth-order valence-electron chi connectivity index (χ4n) is 2.98. The minimum absolute atomic E-state index is 0.130. The molecule has 3 heterocycles. The molecular formula is C18H24N4OS. The molecule has 0 bridgehead atoms. The molecule has 0 aromatic carbocycles. The van der Waals surface area contributed by atoms with Crippen LogP contribution in [0, 0.1) is 5.92 Å². The summed E-state index contributed by atoms with van der Waals surface area (Å²) in [6, 6.07) is 10.0. The van der Waals surface area contributed by atoms with Gasteiger partial charge < -0.3 is 10.6 Å². The van der Waals surface area contributed by atoms with Crippen molar-refractivity contribution < 1.29 is 4.79 Å². The molecule has 3 rings (SSSR count). The SMILES string of the molecule is O=C(CN1CCC(CNc2ccccn2)C1)NCCc1cccs1. The van der Waals surface area contributed by atoms with Gasteiger partial charge in [0.1, 0.15) is 5.82 Å². The zero-order valence-electron chi connectivity index (χ0n) is 13.8. The second-order valence-corrected chi connectivity index (χ2v) is 7.20. The lowest BCUT2D eigenvalue weighted by molar-refractivity contribution is -0.122. The summed E-state index contributed by atoms with van der Waals surface area (Å²) in [5.74, 6) is 1.62. The van der Waals surface area contributed by atoms with Crippen LogP contribution in [0.15, 0.2) is 41.9 Å². The van der Waals surface area contributed by atoms with Crippen LogP contribution in [0.2, 0.25) is 0 Å². The third-order valence-electron chi connectivity index (χ3n) is 4.25. The first-order valence-corrected chi connectivity index (χ1v) is 9.34. The van der Waals surface area contributed by atoms with Gasteiger partial charge in [0.05, 0.1) is 6.54 Å². The minimum atomic E-state index is 0.130. The fraction of sp³-hybridized carbons (Fsp3) is 0.444. The Morgan fingerprint density at radius 2 is 2.29 bits per heavy atom. The lowest BCUT2D eigenvalue weighted by Crippen LogP contribution is -2.37. The van der Waals surface area contributed by atoms with Crippen LogP contribution in [-0.2, 0) is 11.2 Å². The summed E-state index contributed by atoms with van der Waals surface area (Å²) in [5.41, 5.74) is 0. The van der Waals surface area contributed by atoms with Gasteiger partial charge in [-0.25, -0.2) is 4.98 Å². The molecule has 1 fully saturated rings. The molecule has 1 aliphatic rings. The van der Waals surface area contributed by atoms with Gasteiger partial charge in [0.15, 0.2) is 0 Å². The van der Waals surface area contributed by atoms with Crippen molar-refractivity contribution in [1.82, 2.24) is 15.2 Å². The maximum absolute atomic E-state index is 12.0. The zero-order chi connectivity index (χ0) is 16.6. The molecule has 0 saturated carbocycles. The molecule has 5 nitrogen and oxygen atoms in total. The van der Waals surface area contributed by atoms with Gasteiger partial charge in [-0.15, -0.1) is 11.3 Å². The summed E-state index contributed by atoms with van der Waals surface area (Å²) in [5, 5.41) is 8.46. The van der Waals surface area contributed by atoms with Gasteiger partial charge in [-0.3, -0.25) is 9.69 Å². The van der Waals surface area contributed by atoms with Crippen LogP contribution in [0.5, 0.6) is 0 Å². The van der Waals surface area contributed by atoms with Crippen LogP contribution in [0.4, 0.5) is 5.82 Å². The second kappa shape index (κ2) is 8.80. The number of aromatic nitrogens is 1. The van der Waals surface area contributed by atoms with E-state index < -0.39 is 0 Å². The molecule has 0 spiro atoms. The minimum Gasteiger partial charge on any atom is -0.370 e. The Labute approximate surface area is 147 Å². The summed E-state index contributed by atoms with van der Waals surface area (Å²) in [6.45, 7) is 4.10. The highest BCUT2D eigenvalue weighted by atomic mass is 32.1. The van der Waals surface area contributed by atoms with Crippen molar-refractivity contribution in [3.05, 3.63) is 46.8 Å². The quantitative estimate of drug-likeness (QED) is 0.771. The van der Waals surface area contributed by atoms with E-state index in [0.717, 1.165) is 44.8 Å². The van der Waals surface area contributed by atoms with Crippen molar-refractivity contribution in [2.24, 2.45) is 5.92 Å². The molecule has 128 valence electrons. The summed E-state index contributed by atoms with van der Waals surface area (Å²) in [6.07, 6.45) is 3.84. The summed E-state index contributed by atoms with van der Waals surface area (Å²) < 4.78 is 0. The molecule has 2 aromatic heterocycles. The molecular weight excluding hydrogens is 320 g/mol. The van der Waals surface area contributed by atoms with Crippen molar-refractivity contribution in [2.45, 2.75) is 12.8 Å². The number of hydrogen-bond donors (Lipinski definition) is 2. The molecule has 1 amide bonds. The molecule has 0 radical (unpaired) electrons. The Morgan fingerprint density at radius 3 is 3.08 bits per heavy atom. The number of anilines is 1. The number of amides is 1. The smallest absolute Gasteiger partial charge is 0.234 e. The van der Waals surface area contributed by atoms with Crippen LogP contribution < -0.4 is 10.6 Å². The second-order valence-electron chi connectivity index (χ2n) is 6.17. The Morgan fingerprint density at radius 1 is 1.33 bits per heavy atom. The summed E-state index contributed by atoms with van der Waals surface area (Å²) in [7, 11) is 0. The highest BCUT2D eigenvalue weighted by molar-refractivity contribution is 7.09. The predicted octanol–water partition coefficient (Wildman–Crippen LogP) is 2.24. The van der Waals surface area contributed by atoms with E-state index in [2.05, 4.69) is 32.0 Å². The monoisotopic (exact) mass is 344 g/mol. The molecule has 0 aliphatic carbocycles. The number of pyridine rings is 1. The van der Waals surface area contributed by atoms with Crippen LogP contribution in [-0.4, -0.2) is 48.5 Å². The first-order chi connectivity index (χ1) is 11.8. The average Bonchev–Trinajstić information content (AvgIpc) is 3.26. The van der Waals surface area contributed by atoms with Crippen LogP contribution in [0.1, 0.15) is 11.3 Å². The maximum atomic E-state index is 12.0. The van der Waals surface area contributed by atoms with Gasteiger partial charge in [0, 0.05) is 30.7 Å². The zero-order valence-corrected chi connectivity index (χ0v) is 14.6. The Bertz CT molecular complexity index is 617. The van der Waals surface area contributed by atoms with Crippen LogP contribution >= 0.6 is 11.3 Å². The van der Waals surface area contributed by atoms with Gasteiger partial charge in [0.2, 0.25) is 5.91 Å². The van der Waals surface area contributed by atoms with Crippen LogP contribution in [0.25, 0.3) is 0 Å². The third-order valence-corrected chi connectivity index (χ3v) is 5.18. The van der Waals surface area contributed by atoms with Gasteiger partial charge in [-0.2, -0.15) is 0 Å². The van der Waals surface area contributed by atoms with Gasteiger partial charge in [0.25, 0.3) is 0 Å². The number of nitrogens with one attached hydrogen (secondary N) is 2. The molecule has 24 heavy (non-hydrogen) atoms. The molecule has 1 saturated heterocycles. The van der Waals surface area contributed by atoms with Crippen LogP contribution in [0.3, 0.4) is 0 Å². The normalized spacial score (nSPS) is 17.8. The average molecular weight is 344 g/mol. The van der Waals surface area contributed by atoms with E-state index in [1.165, 1.54) is 4.88 Å². The van der Waals surface area contributed by atoms with E-state index in [1.807, 2.05) is 24.3 Å². The molecule has 6 heteroatoms. The van der Waals surface area contributed by atoms with E-state index in [9.17, 15) is 4.79 Å². The molecule has 1 atom stereocenters. The third kappa shape index (κ3) is 5.32. The maximum Gasteiger partial charge on any atom is 0.234 e. The Balaban J connectivity index is 1.31. The standard InChI is InChI=1S/C18H24N4OS/c23-18(20-9-6-16-4-3-11-24-16)14-22-10-7-15(13-22)12-21-17-5-1-2-8-19-17/h1-5,8,11,15H,6-7,9-10,12-14H2,(H,19,21)(H,20,23). The number of carbonyl (C=O) groups is 1. The Hall–Kier alpha value is -1.92. The van der Waals surface area contributed by atoms with Crippen molar-refractivity contribution >= 4 is 23.1 Å². The Kier molecular flexibility index (Phi) is 6.20. The summed E-state index contributed by atoms with van der Waals surface area (Å²) >= 11 is 1.74. The lowest BCUT2D eigenvalue weighted by Gasteiger charge is -2.16. The van der Waals surface area contributed by atoms with Crippen molar-refractivity contribution in [2.75, 3.05) is 38.0 Å². The highest BCUT2D eigenvalue weighted by Crippen LogP contribution is 2.16. The van der Waals surface area contributed by atoms with E-state index in [4.69, 9.17) is 0 Å². The molecule has 2 N–H and O–H groups in total. The first-order valence-electron chi connectivity index (χ1n) is 8.46. The topological polar surface area (TPSA) is 57.3 Å². The number of rotatable bonds is 8. The number of nitrogens with zero attached hydrogens (tertiary/aromatic N) is 2. The number of hydrogen-bond acceptors (Lipinski definition) is 5. The van der Waals surface area contributed by atoms with Gasteiger partial charge in [-0.1, -0.05) is 12.1 Å². The van der Waals surface area contributed by atoms with E-state index >= 15 is 0 Å². The number of likely N-dealkylation sites (tertiary alicyclic amines) is 1. The molecule has 1 unspecified atom stereocenters. The fourth-order valence-corrected chi connectivity index (χ4v) is 3.69. The highest BCUT2D eigenvalue weighted by Gasteiger charge is 2.23. The van der Waals surface area contributed by atoms with E-state index in [1.54, 1.807) is 17.5 Å². The van der Waals surface area contributed by atoms with Crippen molar-refractivity contribution in [3.8, 4) is 0 Å². The van der Waals surface area contributed by atoms with Gasteiger partial charge in [-0.05, 0) is 48.9 Å². The lowest BCUT2D eigenvalue weighted by atomic mass is 10.1. The summed E-state index contributed by atoms with van der Waals surface area (Å²) in [4.78, 5) is 19.9. The number of carbonyl (C=O) groups excluding carboxylic acids is 1. The molecule has 1 aliphatic heterocycles. The largest absolute Gasteiger partial charge is 0.370 e. The van der Waals surface area contributed by atoms with E-state index in [0.29, 0.717) is 12.5 Å². The van der Waals surface area contributed by atoms with Gasteiger partial charge >= 0.3 is 0 Å².